The number of urea groups is 1. The molecule has 0 saturated carbocycles. The zero-order chi connectivity index (χ0) is 22.7. The number of nitrogens with zero attached hydrogens (tertiary/aromatic N) is 3. The number of rotatable bonds is 6. The van der Waals surface area contributed by atoms with Crippen LogP contribution in [0.25, 0.3) is 11.8 Å². The van der Waals surface area contributed by atoms with Crippen molar-refractivity contribution < 1.29 is 9.59 Å². The first kappa shape index (κ1) is 20.9. The zero-order valence-electron chi connectivity index (χ0n) is 17.5. The molecule has 160 valence electrons. The van der Waals surface area contributed by atoms with Crippen LogP contribution >= 0.6 is 0 Å². The van der Waals surface area contributed by atoms with Crippen LogP contribution < -0.4 is 10.9 Å². The van der Waals surface area contributed by atoms with Crippen molar-refractivity contribution in [3.8, 4) is 11.8 Å². The Kier molecular flexibility index (Phi) is 5.73. The highest BCUT2D eigenvalue weighted by molar-refractivity contribution is 6.13. The van der Waals surface area contributed by atoms with E-state index in [4.69, 9.17) is 5.26 Å². The molecule has 0 bridgehead atoms. The molecule has 1 saturated heterocycles. The Hall–Kier alpha value is -4.38. The normalized spacial score (nSPS) is 14.6. The molecule has 1 aromatic heterocycles. The van der Waals surface area contributed by atoms with Gasteiger partial charge in [0.15, 0.2) is 0 Å². The number of nitrogens with one attached hydrogen (secondary N) is 2. The van der Waals surface area contributed by atoms with Gasteiger partial charge in [0.2, 0.25) is 0 Å². The van der Waals surface area contributed by atoms with E-state index in [1.165, 1.54) is 10.8 Å². The number of carbonyl (C=O) groups excluding carboxylic acids is 2. The SMILES string of the molecule is CCCc1[nH]n(-c2ccccc2)c(=O)c1C=C1NC(=O)N(Cc2ccc(C#N)cc2)C1=O. The van der Waals surface area contributed by atoms with E-state index in [1.54, 1.807) is 24.3 Å². The highest BCUT2D eigenvalue weighted by atomic mass is 16.2. The molecule has 8 nitrogen and oxygen atoms in total. The van der Waals surface area contributed by atoms with Gasteiger partial charge in [-0.25, -0.2) is 9.48 Å². The molecule has 0 aliphatic carbocycles. The molecular formula is C24H21N5O3. The van der Waals surface area contributed by atoms with Crippen LogP contribution in [0, 0.1) is 11.3 Å². The Balaban J connectivity index is 1.65. The van der Waals surface area contributed by atoms with Gasteiger partial charge in [-0.05, 0) is 42.3 Å². The maximum Gasteiger partial charge on any atom is 0.329 e. The average molecular weight is 427 g/mol. The van der Waals surface area contributed by atoms with Crippen LogP contribution in [-0.2, 0) is 17.8 Å². The smallest absolute Gasteiger partial charge is 0.303 e. The first-order valence-corrected chi connectivity index (χ1v) is 10.2. The van der Waals surface area contributed by atoms with Crippen molar-refractivity contribution in [2.24, 2.45) is 0 Å². The Bertz CT molecular complexity index is 1290. The Morgan fingerprint density at radius 1 is 1.03 bits per heavy atom. The molecule has 0 radical (unpaired) electrons. The number of H-pyrrole nitrogens is 1. The molecule has 0 unspecified atom stereocenters. The van der Waals surface area contributed by atoms with Gasteiger partial charge < -0.3 is 5.32 Å². The van der Waals surface area contributed by atoms with E-state index in [-0.39, 0.29) is 17.8 Å². The molecule has 4 rings (SSSR count). The number of aryl methyl sites for hydroxylation is 1. The number of hydrogen-bond donors (Lipinski definition) is 2. The quantitative estimate of drug-likeness (QED) is 0.465. The number of aromatic amines is 1. The van der Waals surface area contributed by atoms with Gasteiger partial charge in [0.1, 0.15) is 5.70 Å². The second-order valence-corrected chi connectivity index (χ2v) is 7.42. The Morgan fingerprint density at radius 3 is 2.41 bits per heavy atom. The van der Waals surface area contributed by atoms with E-state index in [0.29, 0.717) is 34.5 Å². The fourth-order valence-corrected chi connectivity index (χ4v) is 3.57. The van der Waals surface area contributed by atoms with E-state index < -0.39 is 11.9 Å². The monoisotopic (exact) mass is 427 g/mol. The molecule has 1 aliphatic heterocycles. The van der Waals surface area contributed by atoms with E-state index in [2.05, 4.69) is 10.4 Å². The summed E-state index contributed by atoms with van der Waals surface area (Å²) in [5.41, 5.74) is 2.70. The van der Waals surface area contributed by atoms with Crippen molar-refractivity contribution in [2.45, 2.75) is 26.3 Å². The van der Waals surface area contributed by atoms with Gasteiger partial charge in [0.25, 0.3) is 11.5 Å². The molecule has 3 aromatic rings. The van der Waals surface area contributed by atoms with Crippen LogP contribution in [-0.4, -0.2) is 26.6 Å². The molecule has 2 aromatic carbocycles. The summed E-state index contributed by atoms with van der Waals surface area (Å²) in [6.45, 7) is 2.06. The maximum absolute atomic E-state index is 13.1. The molecule has 1 fully saturated rings. The predicted octanol–water partition coefficient (Wildman–Crippen LogP) is 3.08. The fourth-order valence-electron chi connectivity index (χ4n) is 3.57. The van der Waals surface area contributed by atoms with Crippen molar-refractivity contribution in [3.63, 3.8) is 0 Å². The fraction of sp³-hybridized carbons (Fsp3) is 0.167. The van der Waals surface area contributed by atoms with E-state index >= 15 is 0 Å². The van der Waals surface area contributed by atoms with E-state index in [0.717, 1.165) is 11.3 Å². The molecule has 0 atom stereocenters. The van der Waals surface area contributed by atoms with Crippen molar-refractivity contribution in [2.75, 3.05) is 0 Å². The van der Waals surface area contributed by atoms with Crippen molar-refractivity contribution in [3.05, 3.63) is 93.0 Å². The minimum absolute atomic E-state index is 0.0531. The molecule has 32 heavy (non-hydrogen) atoms. The van der Waals surface area contributed by atoms with Gasteiger partial charge in [-0.15, -0.1) is 0 Å². The van der Waals surface area contributed by atoms with Gasteiger partial charge in [0.05, 0.1) is 29.4 Å². The van der Waals surface area contributed by atoms with Crippen LogP contribution in [0.1, 0.15) is 35.7 Å². The number of benzene rings is 2. The molecule has 2 heterocycles. The number of aromatic nitrogens is 2. The molecular weight excluding hydrogens is 406 g/mol. The minimum atomic E-state index is -0.554. The summed E-state index contributed by atoms with van der Waals surface area (Å²) in [6.07, 6.45) is 2.86. The number of amides is 3. The first-order valence-electron chi connectivity index (χ1n) is 10.2. The number of nitriles is 1. The number of carbonyl (C=O) groups is 2. The molecule has 3 amide bonds. The topological polar surface area (TPSA) is 111 Å². The Labute approximate surface area is 184 Å². The summed E-state index contributed by atoms with van der Waals surface area (Å²) in [5, 5.41) is 14.6. The van der Waals surface area contributed by atoms with Gasteiger partial charge >= 0.3 is 6.03 Å². The standard InChI is InChI=1S/C24H21N5O3/c1-2-6-20-19(22(30)29(27-20)18-7-4-3-5-8-18)13-21-23(31)28(24(32)26-21)15-17-11-9-16(14-25)10-12-17/h3-5,7-13,27H,2,6,15H2,1H3,(H,26,32). The summed E-state index contributed by atoms with van der Waals surface area (Å²) in [4.78, 5) is 39.5. The largest absolute Gasteiger partial charge is 0.329 e. The lowest BCUT2D eigenvalue weighted by Gasteiger charge is -2.11. The van der Waals surface area contributed by atoms with Crippen LogP contribution in [0.5, 0.6) is 0 Å². The van der Waals surface area contributed by atoms with Crippen LogP contribution in [0.2, 0.25) is 0 Å². The molecule has 8 heteroatoms. The number of imide groups is 1. The lowest BCUT2D eigenvalue weighted by Crippen LogP contribution is -2.30. The van der Waals surface area contributed by atoms with E-state index in [9.17, 15) is 14.4 Å². The van der Waals surface area contributed by atoms with Crippen molar-refractivity contribution >= 4 is 18.0 Å². The van der Waals surface area contributed by atoms with Gasteiger partial charge in [-0.3, -0.25) is 19.6 Å². The van der Waals surface area contributed by atoms with Gasteiger partial charge in [0, 0.05) is 5.69 Å². The predicted molar refractivity (Wildman–Crippen MR) is 119 cm³/mol. The molecule has 1 aliphatic rings. The highest BCUT2D eigenvalue weighted by Gasteiger charge is 2.34. The Morgan fingerprint density at radius 2 is 1.75 bits per heavy atom. The second kappa shape index (κ2) is 8.78. The lowest BCUT2D eigenvalue weighted by molar-refractivity contribution is -0.123. The minimum Gasteiger partial charge on any atom is -0.303 e. The van der Waals surface area contributed by atoms with Gasteiger partial charge in [-0.2, -0.15) is 5.26 Å². The highest BCUT2D eigenvalue weighted by Crippen LogP contribution is 2.19. The lowest BCUT2D eigenvalue weighted by atomic mass is 10.1. The summed E-state index contributed by atoms with van der Waals surface area (Å²) >= 11 is 0. The first-order chi connectivity index (χ1) is 15.5. The van der Waals surface area contributed by atoms with Crippen molar-refractivity contribution in [1.29, 1.82) is 5.26 Å². The number of hydrogen-bond acceptors (Lipinski definition) is 4. The summed E-state index contributed by atoms with van der Waals surface area (Å²) in [5.74, 6) is -0.506. The third-order valence-electron chi connectivity index (χ3n) is 5.19. The van der Waals surface area contributed by atoms with E-state index in [1.807, 2.05) is 43.3 Å². The third-order valence-corrected chi connectivity index (χ3v) is 5.19. The third kappa shape index (κ3) is 3.96. The average Bonchev–Trinajstić information content (AvgIpc) is 3.26. The van der Waals surface area contributed by atoms with Crippen LogP contribution in [0.3, 0.4) is 0 Å². The maximum atomic E-state index is 13.1. The van der Waals surface area contributed by atoms with Crippen LogP contribution in [0.15, 0.2) is 65.1 Å². The zero-order valence-corrected chi connectivity index (χ0v) is 17.5. The van der Waals surface area contributed by atoms with Gasteiger partial charge in [-0.1, -0.05) is 43.7 Å². The summed E-state index contributed by atoms with van der Waals surface area (Å²) in [7, 11) is 0. The number of para-hydroxylation sites is 1. The summed E-state index contributed by atoms with van der Waals surface area (Å²) in [6, 6.07) is 17.3. The van der Waals surface area contributed by atoms with Crippen LogP contribution in [0.4, 0.5) is 4.79 Å². The summed E-state index contributed by atoms with van der Waals surface area (Å²) < 4.78 is 1.44. The molecule has 0 spiro atoms. The second-order valence-electron chi connectivity index (χ2n) is 7.42. The van der Waals surface area contributed by atoms with Crippen molar-refractivity contribution in [1.82, 2.24) is 20.0 Å². The molecule has 2 N–H and O–H groups in total.